The molecule has 0 radical (unpaired) electrons. The minimum absolute atomic E-state index is 0.483. The van der Waals surface area contributed by atoms with Crippen molar-refractivity contribution in [1.29, 1.82) is 0 Å². The molecule has 1 aliphatic carbocycles. The van der Waals surface area contributed by atoms with Crippen molar-refractivity contribution in [2.24, 2.45) is 5.73 Å². The maximum absolute atomic E-state index is 10.5. The molecule has 0 aromatic carbocycles. The Morgan fingerprint density at radius 3 is 2.89 bits per heavy atom. The van der Waals surface area contributed by atoms with E-state index in [-0.39, 0.29) is 0 Å². The van der Waals surface area contributed by atoms with Crippen LogP contribution in [0.1, 0.15) is 43.8 Å². The van der Waals surface area contributed by atoms with Crippen LogP contribution in [0.15, 0.2) is 12.3 Å². The molecule has 0 saturated heterocycles. The minimum atomic E-state index is -0.483. The third kappa shape index (κ3) is 4.55. The van der Waals surface area contributed by atoms with Crippen LogP contribution in [0.4, 0.5) is 4.79 Å². The molecule has 0 spiro atoms. The number of primary amides is 1. The highest BCUT2D eigenvalue weighted by Gasteiger charge is 2.15. The first-order chi connectivity index (χ1) is 9.25. The van der Waals surface area contributed by atoms with Gasteiger partial charge in [-0.1, -0.05) is 19.3 Å². The Bertz CT molecular complexity index is 397. The first-order valence-corrected chi connectivity index (χ1v) is 7.04. The molecule has 2 rings (SSSR count). The van der Waals surface area contributed by atoms with Crippen molar-refractivity contribution in [3.63, 3.8) is 0 Å². The van der Waals surface area contributed by atoms with Crippen molar-refractivity contribution < 1.29 is 4.79 Å². The third-order valence-corrected chi connectivity index (χ3v) is 3.52. The molecule has 6 nitrogen and oxygen atoms in total. The van der Waals surface area contributed by atoms with E-state index in [4.69, 9.17) is 5.73 Å². The van der Waals surface area contributed by atoms with E-state index < -0.39 is 6.03 Å². The highest BCUT2D eigenvalue weighted by molar-refractivity contribution is 5.71. The van der Waals surface area contributed by atoms with Gasteiger partial charge in [-0.15, -0.1) is 0 Å². The molecule has 0 aliphatic heterocycles. The second-order valence-electron chi connectivity index (χ2n) is 5.05. The first-order valence-electron chi connectivity index (χ1n) is 7.04. The Morgan fingerprint density at radius 1 is 1.37 bits per heavy atom. The molecule has 106 valence electrons. The van der Waals surface area contributed by atoms with E-state index in [0.29, 0.717) is 19.1 Å². The van der Waals surface area contributed by atoms with Crippen LogP contribution < -0.4 is 16.4 Å². The minimum Gasteiger partial charge on any atom is -0.352 e. The number of hydrogen-bond donors (Lipinski definition) is 3. The van der Waals surface area contributed by atoms with Gasteiger partial charge in [-0.05, 0) is 18.9 Å². The largest absolute Gasteiger partial charge is 0.352 e. The highest BCUT2D eigenvalue weighted by atomic mass is 16.2. The average molecular weight is 265 g/mol. The summed E-state index contributed by atoms with van der Waals surface area (Å²) in [6, 6.07) is 2.16. The summed E-state index contributed by atoms with van der Waals surface area (Å²) in [5, 5.41) is 10.4. The Labute approximate surface area is 113 Å². The first kappa shape index (κ1) is 13.9. The zero-order chi connectivity index (χ0) is 13.5. The SMILES string of the molecule is NC(=O)NCCNCc1ccn(C2CCCCC2)n1. The van der Waals surface area contributed by atoms with E-state index >= 15 is 0 Å². The Balaban J connectivity index is 1.70. The fraction of sp³-hybridized carbons (Fsp3) is 0.692. The molecule has 1 saturated carbocycles. The Morgan fingerprint density at radius 2 is 2.16 bits per heavy atom. The second-order valence-corrected chi connectivity index (χ2v) is 5.05. The van der Waals surface area contributed by atoms with Gasteiger partial charge in [0.2, 0.25) is 0 Å². The number of nitrogens with one attached hydrogen (secondary N) is 2. The summed E-state index contributed by atoms with van der Waals surface area (Å²) in [6.07, 6.45) is 8.57. The molecular formula is C13H23N5O. The number of carbonyl (C=O) groups is 1. The van der Waals surface area contributed by atoms with Gasteiger partial charge < -0.3 is 16.4 Å². The molecule has 2 amide bonds. The van der Waals surface area contributed by atoms with E-state index in [1.54, 1.807) is 0 Å². The fourth-order valence-electron chi connectivity index (χ4n) is 2.51. The molecule has 6 heteroatoms. The highest BCUT2D eigenvalue weighted by Crippen LogP contribution is 2.27. The number of aromatic nitrogens is 2. The molecule has 0 unspecified atom stereocenters. The summed E-state index contributed by atoms with van der Waals surface area (Å²) in [7, 11) is 0. The Hall–Kier alpha value is -1.56. The number of rotatable bonds is 6. The number of nitrogens with two attached hydrogens (primary N) is 1. The van der Waals surface area contributed by atoms with E-state index in [2.05, 4.69) is 32.7 Å². The molecule has 1 aromatic rings. The average Bonchev–Trinajstić information content (AvgIpc) is 2.88. The van der Waals surface area contributed by atoms with Gasteiger partial charge in [0.15, 0.2) is 0 Å². The quantitative estimate of drug-likeness (QED) is 0.674. The normalized spacial score (nSPS) is 16.4. The predicted octanol–water partition coefficient (Wildman–Crippen LogP) is 1.15. The third-order valence-electron chi connectivity index (χ3n) is 3.52. The molecule has 1 heterocycles. The Kier molecular flexibility index (Phi) is 5.20. The molecule has 1 aromatic heterocycles. The molecule has 1 aliphatic rings. The van der Waals surface area contributed by atoms with Crippen LogP contribution in [0, 0.1) is 0 Å². The molecule has 0 bridgehead atoms. The maximum Gasteiger partial charge on any atom is 0.312 e. The van der Waals surface area contributed by atoms with Crippen LogP contribution in [0.25, 0.3) is 0 Å². The number of hydrogen-bond acceptors (Lipinski definition) is 3. The van der Waals surface area contributed by atoms with Gasteiger partial charge in [-0.25, -0.2) is 4.79 Å². The molecule has 19 heavy (non-hydrogen) atoms. The summed E-state index contributed by atoms with van der Waals surface area (Å²) < 4.78 is 2.11. The molecular weight excluding hydrogens is 242 g/mol. The summed E-state index contributed by atoms with van der Waals surface area (Å²) in [4.78, 5) is 10.5. The summed E-state index contributed by atoms with van der Waals surface area (Å²) >= 11 is 0. The van der Waals surface area contributed by atoms with Crippen molar-refractivity contribution in [2.45, 2.75) is 44.7 Å². The lowest BCUT2D eigenvalue weighted by Gasteiger charge is -2.21. The van der Waals surface area contributed by atoms with Crippen molar-refractivity contribution in [2.75, 3.05) is 13.1 Å². The number of nitrogens with zero attached hydrogens (tertiary/aromatic N) is 2. The zero-order valence-electron chi connectivity index (χ0n) is 11.3. The summed E-state index contributed by atoms with van der Waals surface area (Å²) in [5.41, 5.74) is 6.02. The lowest BCUT2D eigenvalue weighted by atomic mass is 9.96. The number of amides is 2. The predicted molar refractivity (Wildman–Crippen MR) is 73.6 cm³/mol. The molecule has 1 fully saturated rings. The van der Waals surface area contributed by atoms with E-state index in [1.165, 1.54) is 32.1 Å². The van der Waals surface area contributed by atoms with Crippen LogP contribution in [0.2, 0.25) is 0 Å². The second kappa shape index (κ2) is 7.13. The van der Waals surface area contributed by atoms with Crippen LogP contribution in [-0.2, 0) is 6.54 Å². The van der Waals surface area contributed by atoms with Crippen molar-refractivity contribution in [3.8, 4) is 0 Å². The standard InChI is InChI=1S/C13H23N5O/c14-13(19)16-8-7-15-10-11-6-9-18(17-11)12-4-2-1-3-5-12/h6,9,12,15H,1-5,7-8,10H2,(H3,14,16,19). The van der Waals surface area contributed by atoms with Crippen LogP contribution in [0.5, 0.6) is 0 Å². The van der Waals surface area contributed by atoms with Crippen molar-refractivity contribution in [3.05, 3.63) is 18.0 Å². The fourth-order valence-corrected chi connectivity index (χ4v) is 2.51. The molecule has 0 atom stereocenters. The van der Waals surface area contributed by atoms with Gasteiger partial charge in [0.05, 0.1) is 11.7 Å². The van der Waals surface area contributed by atoms with Gasteiger partial charge in [-0.3, -0.25) is 4.68 Å². The summed E-state index contributed by atoms with van der Waals surface area (Å²) in [6.45, 7) is 1.96. The van der Waals surface area contributed by atoms with E-state index in [1.807, 2.05) is 0 Å². The van der Waals surface area contributed by atoms with Crippen LogP contribution >= 0.6 is 0 Å². The number of urea groups is 1. The van der Waals surface area contributed by atoms with Crippen molar-refractivity contribution in [1.82, 2.24) is 20.4 Å². The van der Waals surface area contributed by atoms with Crippen LogP contribution in [0.3, 0.4) is 0 Å². The summed E-state index contributed by atoms with van der Waals surface area (Å²) in [5.74, 6) is 0. The zero-order valence-corrected chi connectivity index (χ0v) is 11.3. The van der Waals surface area contributed by atoms with E-state index in [0.717, 1.165) is 12.2 Å². The van der Waals surface area contributed by atoms with Gasteiger partial charge in [-0.2, -0.15) is 5.10 Å². The molecule has 4 N–H and O–H groups in total. The lowest BCUT2D eigenvalue weighted by Crippen LogP contribution is -2.35. The van der Waals surface area contributed by atoms with Gasteiger partial charge in [0, 0.05) is 25.8 Å². The van der Waals surface area contributed by atoms with Gasteiger partial charge >= 0.3 is 6.03 Å². The van der Waals surface area contributed by atoms with Crippen LogP contribution in [-0.4, -0.2) is 28.9 Å². The smallest absolute Gasteiger partial charge is 0.312 e. The van der Waals surface area contributed by atoms with Gasteiger partial charge in [0.1, 0.15) is 0 Å². The monoisotopic (exact) mass is 265 g/mol. The van der Waals surface area contributed by atoms with Crippen molar-refractivity contribution >= 4 is 6.03 Å². The van der Waals surface area contributed by atoms with Gasteiger partial charge in [0.25, 0.3) is 0 Å². The topological polar surface area (TPSA) is 85.0 Å². The van der Waals surface area contributed by atoms with E-state index in [9.17, 15) is 4.79 Å². The maximum atomic E-state index is 10.5. The number of carbonyl (C=O) groups excluding carboxylic acids is 1. The lowest BCUT2D eigenvalue weighted by molar-refractivity contribution is 0.249.